The van der Waals surface area contributed by atoms with Gasteiger partial charge in [0.1, 0.15) is 6.29 Å². The van der Waals surface area contributed by atoms with Gasteiger partial charge in [-0.25, -0.2) is 0 Å². The molecule has 0 aromatic heterocycles. The maximum Gasteiger partial charge on any atom is 0.417 e. The number of carbonyl (C=O) groups excluding carboxylic acids is 2. The van der Waals surface area contributed by atoms with Crippen molar-refractivity contribution in [2.24, 2.45) is 0 Å². The summed E-state index contributed by atoms with van der Waals surface area (Å²) in [7, 11) is 1.59. The molecule has 0 saturated heterocycles. The van der Waals surface area contributed by atoms with Crippen molar-refractivity contribution in [2.75, 3.05) is 26.7 Å². The molecule has 0 aliphatic heterocycles. The van der Waals surface area contributed by atoms with Crippen molar-refractivity contribution in [1.82, 2.24) is 9.80 Å². The highest BCUT2D eigenvalue weighted by Gasteiger charge is 2.36. The Balaban J connectivity index is 0.000000568. The summed E-state index contributed by atoms with van der Waals surface area (Å²) in [5.41, 5.74) is -0.675. The van der Waals surface area contributed by atoms with E-state index in [0.29, 0.717) is 11.8 Å². The molecule has 0 atom stereocenters. The number of amides is 1. The van der Waals surface area contributed by atoms with E-state index in [1.165, 1.54) is 23.8 Å². The molecule has 210 valence electrons. The Labute approximate surface area is 223 Å². The Morgan fingerprint density at radius 2 is 1.41 bits per heavy atom. The van der Waals surface area contributed by atoms with Gasteiger partial charge in [-0.3, -0.25) is 4.79 Å². The minimum atomic E-state index is -4.74. The number of aryl methyl sites for hydroxylation is 1. The van der Waals surface area contributed by atoms with Gasteiger partial charge in [-0.05, 0) is 42.8 Å². The smallest absolute Gasteiger partial charge is 0.330 e. The lowest BCUT2D eigenvalue weighted by Gasteiger charge is -2.25. The summed E-state index contributed by atoms with van der Waals surface area (Å²) < 4.78 is 78.1. The average Bonchev–Trinajstić information content (AvgIpc) is 2.90. The highest BCUT2D eigenvalue weighted by Crippen LogP contribution is 2.32. The van der Waals surface area contributed by atoms with Crippen molar-refractivity contribution in [3.8, 4) is 0 Å². The van der Waals surface area contributed by atoms with Crippen LogP contribution in [0.25, 0.3) is 0 Å². The van der Waals surface area contributed by atoms with Crippen molar-refractivity contribution in [3.63, 3.8) is 0 Å². The van der Waals surface area contributed by atoms with Crippen LogP contribution in [0.3, 0.4) is 0 Å². The third kappa shape index (κ3) is 10.2. The molecular weight excluding hydrogens is 522 g/mol. The van der Waals surface area contributed by atoms with Crippen LogP contribution in [0.15, 0.2) is 78.9 Å². The summed E-state index contributed by atoms with van der Waals surface area (Å²) in [5.74, 6) is -0.951. The molecule has 0 N–H and O–H groups in total. The van der Waals surface area contributed by atoms with Crippen LogP contribution in [0, 0.1) is 0 Å². The molecule has 0 heterocycles. The zero-order valence-electron chi connectivity index (χ0n) is 21.6. The zero-order chi connectivity index (χ0) is 29.1. The summed E-state index contributed by atoms with van der Waals surface area (Å²) in [4.78, 5) is 26.2. The number of aldehydes is 1. The van der Waals surface area contributed by atoms with Crippen molar-refractivity contribution in [2.45, 2.75) is 32.2 Å². The molecule has 3 aromatic rings. The van der Waals surface area contributed by atoms with Gasteiger partial charge in [0.05, 0.1) is 23.2 Å². The lowest BCUT2D eigenvalue weighted by Crippen LogP contribution is -2.39. The van der Waals surface area contributed by atoms with E-state index in [-0.39, 0.29) is 19.6 Å². The van der Waals surface area contributed by atoms with Gasteiger partial charge in [0.25, 0.3) is 5.91 Å². The topological polar surface area (TPSA) is 40.6 Å². The van der Waals surface area contributed by atoms with Gasteiger partial charge in [0, 0.05) is 19.6 Å². The predicted octanol–water partition coefficient (Wildman–Crippen LogP) is 6.75. The fraction of sp³-hybridized carbons (Fsp3) is 0.310. The highest BCUT2D eigenvalue weighted by molar-refractivity contribution is 5.96. The van der Waals surface area contributed by atoms with Crippen LogP contribution >= 0.6 is 0 Å². The van der Waals surface area contributed by atoms with E-state index in [2.05, 4.69) is 31.2 Å². The largest absolute Gasteiger partial charge is 0.417 e. The molecule has 0 radical (unpaired) electrons. The van der Waals surface area contributed by atoms with Crippen LogP contribution in [-0.2, 0) is 30.1 Å². The zero-order valence-corrected chi connectivity index (χ0v) is 21.6. The molecule has 39 heavy (non-hydrogen) atoms. The first-order chi connectivity index (χ1) is 18.4. The molecule has 0 saturated carbocycles. The van der Waals surface area contributed by atoms with Crippen molar-refractivity contribution < 1.29 is 35.9 Å². The number of hydrogen-bond donors (Lipinski definition) is 0. The SMILES string of the molecule is CCc1ccccc1.CN(CCN(CC=O)C(=O)c1ccccc1C(F)(F)F)Cc1cccc(C(F)(F)F)c1. The van der Waals surface area contributed by atoms with E-state index in [4.69, 9.17) is 0 Å². The Kier molecular flexibility index (Phi) is 11.7. The molecule has 1 amide bonds. The maximum atomic E-state index is 13.2. The number of likely N-dealkylation sites (N-methyl/N-ethyl adjacent to an activating group) is 1. The van der Waals surface area contributed by atoms with Crippen LogP contribution in [0.5, 0.6) is 0 Å². The summed E-state index contributed by atoms with van der Waals surface area (Å²) in [6.45, 7) is 1.91. The van der Waals surface area contributed by atoms with Crippen molar-refractivity contribution >= 4 is 12.2 Å². The number of rotatable bonds is 9. The van der Waals surface area contributed by atoms with E-state index in [1.807, 2.05) is 6.07 Å². The predicted molar refractivity (Wildman–Crippen MR) is 137 cm³/mol. The van der Waals surface area contributed by atoms with Crippen LogP contribution in [0.1, 0.15) is 39.5 Å². The van der Waals surface area contributed by atoms with E-state index in [9.17, 15) is 35.9 Å². The number of benzene rings is 3. The maximum absolute atomic E-state index is 13.2. The summed E-state index contributed by atoms with van der Waals surface area (Å²) in [6.07, 6.45) is -7.67. The minimum absolute atomic E-state index is 0.0841. The Morgan fingerprint density at radius 3 is 1.97 bits per heavy atom. The van der Waals surface area contributed by atoms with Gasteiger partial charge < -0.3 is 14.6 Å². The first-order valence-electron chi connectivity index (χ1n) is 12.1. The average molecular weight is 553 g/mol. The third-order valence-electron chi connectivity index (χ3n) is 5.75. The van der Waals surface area contributed by atoms with Gasteiger partial charge in [-0.2, -0.15) is 26.3 Å². The number of nitrogens with zero attached hydrogens (tertiary/aromatic N) is 2. The van der Waals surface area contributed by atoms with Crippen LogP contribution in [0.4, 0.5) is 26.3 Å². The Morgan fingerprint density at radius 1 is 0.795 bits per heavy atom. The fourth-order valence-corrected chi connectivity index (χ4v) is 3.69. The standard InChI is InChI=1S/C21H20F6N2O2.C8H10/c1-28(14-15-5-4-6-16(13-15)20(22,23)24)9-10-29(11-12-30)19(31)17-7-2-3-8-18(17)21(25,26)27;1-2-8-6-4-3-5-7-8/h2-8,12-13H,9-11,14H2,1H3;3-7H,2H2,1H3. The highest BCUT2D eigenvalue weighted by atomic mass is 19.4. The van der Waals surface area contributed by atoms with E-state index in [1.54, 1.807) is 11.9 Å². The second-order valence-corrected chi connectivity index (χ2v) is 8.74. The fourth-order valence-electron chi connectivity index (χ4n) is 3.69. The molecule has 0 fully saturated rings. The number of carbonyl (C=O) groups is 2. The minimum Gasteiger partial charge on any atom is -0.330 e. The first kappa shape index (κ1) is 31.6. The lowest BCUT2D eigenvalue weighted by atomic mass is 10.1. The van der Waals surface area contributed by atoms with Crippen LogP contribution in [0.2, 0.25) is 0 Å². The normalized spacial score (nSPS) is 11.5. The lowest BCUT2D eigenvalue weighted by molar-refractivity contribution is -0.138. The summed E-state index contributed by atoms with van der Waals surface area (Å²) in [6, 6.07) is 19.5. The second kappa shape index (κ2) is 14.5. The molecule has 3 aromatic carbocycles. The first-order valence-corrected chi connectivity index (χ1v) is 12.1. The number of alkyl halides is 6. The van der Waals surface area contributed by atoms with E-state index in [0.717, 1.165) is 41.7 Å². The van der Waals surface area contributed by atoms with Gasteiger partial charge in [-0.1, -0.05) is 67.6 Å². The number of halogens is 6. The molecule has 3 rings (SSSR count). The van der Waals surface area contributed by atoms with E-state index < -0.39 is 41.5 Å². The third-order valence-corrected chi connectivity index (χ3v) is 5.75. The summed E-state index contributed by atoms with van der Waals surface area (Å²) in [5, 5.41) is 0. The number of hydrogen-bond acceptors (Lipinski definition) is 3. The van der Waals surface area contributed by atoms with Gasteiger partial charge in [0.2, 0.25) is 0 Å². The second-order valence-electron chi connectivity index (χ2n) is 8.74. The monoisotopic (exact) mass is 552 g/mol. The molecule has 0 bridgehead atoms. The van der Waals surface area contributed by atoms with Gasteiger partial charge in [0.15, 0.2) is 0 Å². The molecule has 10 heteroatoms. The van der Waals surface area contributed by atoms with Crippen molar-refractivity contribution in [3.05, 3.63) is 107 Å². The quantitative estimate of drug-likeness (QED) is 0.218. The Hall–Kier alpha value is -3.66. The summed E-state index contributed by atoms with van der Waals surface area (Å²) >= 11 is 0. The van der Waals surface area contributed by atoms with Crippen molar-refractivity contribution in [1.29, 1.82) is 0 Å². The van der Waals surface area contributed by atoms with Gasteiger partial charge >= 0.3 is 12.4 Å². The van der Waals surface area contributed by atoms with Crippen LogP contribution in [-0.4, -0.2) is 48.7 Å². The molecular formula is C29H30F6N2O2. The van der Waals surface area contributed by atoms with Gasteiger partial charge in [-0.15, -0.1) is 0 Å². The Bertz CT molecular complexity index is 1200. The van der Waals surface area contributed by atoms with Crippen LogP contribution < -0.4 is 0 Å². The molecule has 4 nitrogen and oxygen atoms in total. The molecule has 0 aliphatic rings. The molecule has 0 unspecified atom stereocenters. The van der Waals surface area contributed by atoms with E-state index >= 15 is 0 Å². The molecule has 0 aliphatic carbocycles. The molecule has 0 spiro atoms.